The normalized spacial score (nSPS) is 55.0. The molecule has 2 aliphatic heterocycles. The van der Waals surface area contributed by atoms with Crippen LogP contribution in [0.4, 0.5) is 0 Å². The lowest BCUT2D eigenvalue weighted by Gasteiger charge is -2.68. The molecule has 2 saturated carbocycles. The van der Waals surface area contributed by atoms with Crippen LogP contribution in [-0.2, 0) is 28.6 Å². The van der Waals surface area contributed by atoms with E-state index >= 15 is 0 Å². The Labute approximate surface area is 179 Å². The van der Waals surface area contributed by atoms with E-state index in [1.165, 1.54) is 13.0 Å². The zero-order chi connectivity index (χ0) is 22.7. The van der Waals surface area contributed by atoms with Gasteiger partial charge in [0.25, 0.3) is 0 Å². The summed E-state index contributed by atoms with van der Waals surface area (Å²) in [5.74, 6) is -6.57. The minimum Gasteiger partial charge on any atom is -0.459 e. The van der Waals surface area contributed by atoms with Gasteiger partial charge in [-0.3, -0.25) is 9.59 Å². The third-order valence-corrected chi connectivity index (χ3v) is 8.92. The molecule has 9 nitrogen and oxygen atoms in total. The number of ether oxygens (including phenoxy) is 3. The summed E-state index contributed by atoms with van der Waals surface area (Å²) < 4.78 is 17.1. The first-order valence-corrected chi connectivity index (χ1v) is 10.7. The average Bonchev–Trinajstić information content (AvgIpc) is 2.97. The number of esters is 2. The Morgan fingerprint density at radius 2 is 1.97 bits per heavy atom. The number of ketones is 1. The van der Waals surface area contributed by atoms with Crippen molar-refractivity contribution in [1.82, 2.24) is 0 Å². The van der Waals surface area contributed by atoms with Crippen molar-refractivity contribution < 1.29 is 43.9 Å². The number of aliphatic hydroxyl groups excluding tert-OH is 2. The second-order valence-corrected chi connectivity index (χ2v) is 10.2. The van der Waals surface area contributed by atoms with Gasteiger partial charge < -0.3 is 29.5 Å². The van der Waals surface area contributed by atoms with Gasteiger partial charge in [0.2, 0.25) is 6.10 Å². The number of carbonyl (C=O) groups excluding carboxylic acids is 3. The molecule has 0 aromatic carbocycles. The van der Waals surface area contributed by atoms with Crippen LogP contribution in [0.15, 0.2) is 11.6 Å². The molecule has 4 fully saturated rings. The Morgan fingerprint density at radius 1 is 1.29 bits per heavy atom. The molecule has 5 aliphatic rings. The van der Waals surface area contributed by atoms with E-state index in [0.717, 1.165) is 5.57 Å². The van der Waals surface area contributed by atoms with Crippen LogP contribution in [-0.4, -0.2) is 69.9 Å². The van der Waals surface area contributed by atoms with Gasteiger partial charge in [-0.2, -0.15) is 0 Å². The summed E-state index contributed by atoms with van der Waals surface area (Å²) in [5, 5.41) is 34.0. The van der Waals surface area contributed by atoms with Crippen LogP contribution >= 0.6 is 0 Å². The zero-order valence-corrected chi connectivity index (χ0v) is 17.9. The van der Waals surface area contributed by atoms with Gasteiger partial charge >= 0.3 is 11.9 Å². The van der Waals surface area contributed by atoms with E-state index in [2.05, 4.69) is 0 Å². The minimum atomic E-state index is -2.05. The Morgan fingerprint density at radius 3 is 2.61 bits per heavy atom. The summed E-state index contributed by atoms with van der Waals surface area (Å²) in [4.78, 5) is 37.4. The van der Waals surface area contributed by atoms with Crippen molar-refractivity contribution in [1.29, 1.82) is 0 Å². The molecular formula is C22H28O9. The molecule has 2 bridgehead atoms. The summed E-state index contributed by atoms with van der Waals surface area (Å²) in [7, 11) is 0. The highest BCUT2D eigenvalue weighted by molar-refractivity contribution is 5.96. The molecule has 2 heterocycles. The van der Waals surface area contributed by atoms with Crippen molar-refractivity contribution in [3.8, 4) is 0 Å². The molecule has 170 valence electrons. The number of hydrogen-bond acceptors (Lipinski definition) is 9. The molecule has 3 N–H and O–H groups in total. The zero-order valence-electron chi connectivity index (χ0n) is 17.9. The fraction of sp³-hybridized carbons (Fsp3) is 0.773. The fourth-order valence-electron chi connectivity index (χ4n) is 7.91. The first-order valence-electron chi connectivity index (χ1n) is 10.7. The average molecular weight is 436 g/mol. The van der Waals surface area contributed by atoms with Gasteiger partial charge in [-0.1, -0.05) is 19.4 Å². The van der Waals surface area contributed by atoms with Gasteiger partial charge in [0.1, 0.15) is 18.3 Å². The molecule has 3 aliphatic carbocycles. The van der Waals surface area contributed by atoms with Gasteiger partial charge in [0.05, 0.1) is 6.61 Å². The van der Waals surface area contributed by atoms with E-state index in [1.54, 1.807) is 20.8 Å². The predicted molar refractivity (Wildman–Crippen MR) is 102 cm³/mol. The maximum Gasteiger partial charge on any atom is 0.348 e. The highest BCUT2D eigenvalue weighted by Gasteiger charge is 2.83. The molecule has 0 amide bonds. The lowest BCUT2D eigenvalue weighted by atomic mass is 9.38. The Bertz CT molecular complexity index is 913. The minimum absolute atomic E-state index is 0.0536. The smallest absolute Gasteiger partial charge is 0.348 e. The van der Waals surface area contributed by atoms with Crippen molar-refractivity contribution in [2.45, 2.75) is 64.3 Å². The molecule has 11 atom stereocenters. The van der Waals surface area contributed by atoms with E-state index in [-0.39, 0.29) is 12.5 Å². The maximum atomic E-state index is 12.9. The van der Waals surface area contributed by atoms with Crippen LogP contribution in [0.1, 0.15) is 34.1 Å². The first-order chi connectivity index (χ1) is 14.4. The molecule has 0 unspecified atom stereocenters. The van der Waals surface area contributed by atoms with Gasteiger partial charge in [-0.25, -0.2) is 4.79 Å². The van der Waals surface area contributed by atoms with Gasteiger partial charge in [-0.15, -0.1) is 0 Å². The van der Waals surface area contributed by atoms with Crippen molar-refractivity contribution in [2.75, 3.05) is 6.61 Å². The third-order valence-electron chi connectivity index (χ3n) is 8.92. The largest absolute Gasteiger partial charge is 0.459 e. The van der Waals surface area contributed by atoms with Crippen LogP contribution in [0, 0.1) is 34.5 Å². The third kappa shape index (κ3) is 2.23. The molecular weight excluding hydrogens is 408 g/mol. The number of allylic oxidation sites excluding steroid dienone is 1. The molecule has 0 radical (unpaired) electrons. The van der Waals surface area contributed by atoms with Crippen LogP contribution in [0.25, 0.3) is 0 Å². The predicted octanol–water partition coefficient (Wildman–Crippen LogP) is -0.292. The van der Waals surface area contributed by atoms with Crippen molar-refractivity contribution in [3.63, 3.8) is 0 Å². The highest BCUT2D eigenvalue weighted by Crippen LogP contribution is 2.73. The van der Waals surface area contributed by atoms with E-state index in [4.69, 9.17) is 14.2 Å². The van der Waals surface area contributed by atoms with Crippen molar-refractivity contribution in [2.24, 2.45) is 34.5 Å². The van der Waals surface area contributed by atoms with Gasteiger partial charge in [-0.05, 0) is 31.3 Å². The number of fused-ring (bicyclic) bond motifs is 1. The SMILES string of the molecule is CC(=O)O[C@H]1C(=O)O[C@@H]2C[C@H]3C(C)=CC(=O)[C@H](O)[C@]3(C)[C@H]3[C@@]4(O)OC[C@]32[C@@H]1[C@@H](C)[C@H]4O. The second kappa shape index (κ2) is 6.15. The summed E-state index contributed by atoms with van der Waals surface area (Å²) >= 11 is 0. The topological polar surface area (TPSA) is 140 Å². The Kier molecular flexibility index (Phi) is 4.18. The summed E-state index contributed by atoms with van der Waals surface area (Å²) in [6, 6.07) is 0. The molecule has 5 rings (SSSR count). The standard InChI is InChI=1S/C22H28O9/c1-8-5-12(24)17(26)20(4)11(8)6-13-21-7-29-22(28,19(20)21)16(25)9(2)14(21)15(18(27)31-13)30-10(3)23/h5,9,11,13-17,19,25-26,28H,6-7H2,1-4H3/t9-,11+,13-,14-,15-,16-,17+,19-,20-,21+,22+/m1/s1. The Hall–Kier alpha value is -1.81. The maximum absolute atomic E-state index is 12.9. The molecule has 1 spiro atoms. The molecule has 31 heavy (non-hydrogen) atoms. The summed E-state index contributed by atoms with van der Waals surface area (Å²) in [6.07, 6.45) is -3.09. The van der Waals surface area contributed by atoms with E-state index in [1.807, 2.05) is 0 Å². The summed E-state index contributed by atoms with van der Waals surface area (Å²) in [5.41, 5.74) is -1.49. The van der Waals surface area contributed by atoms with Crippen LogP contribution in [0.5, 0.6) is 0 Å². The number of aliphatic hydroxyl groups is 3. The van der Waals surface area contributed by atoms with E-state index in [9.17, 15) is 29.7 Å². The number of rotatable bonds is 1. The van der Waals surface area contributed by atoms with Gasteiger partial charge in [0.15, 0.2) is 11.6 Å². The van der Waals surface area contributed by atoms with E-state index in [0.29, 0.717) is 6.42 Å². The monoisotopic (exact) mass is 436 g/mol. The summed E-state index contributed by atoms with van der Waals surface area (Å²) in [6.45, 7) is 6.33. The fourth-order valence-corrected chi connectivity index (χ4v) is 7.91. The van der Waals surface area contributed by atoms with E-state index < -0.39 is 76.5 Å². The highest BCUT2D eigenvalue weighted by atomic mass is 16.7. The molecule has 0 aromatic heterocycles. The van der Waals surface area contributed by atoms with Crippen molar-refractivity contribution in [3.05, 3.63) is 11.6 Å². The first kappa shape index (κ1) is 21.1. The van der Waals surface area contributed by atoms with Crippen LogP contribution in [0.2, 0.25) is 0 Å². The van der Waals surface area contributed by atoms with Crippen LogP contribution in [0.3, 0.4) is 0 Å². The second-order valence-electron chi connectivity index (χ2n) is 10.2. The Balaban J connectivity index is 1.76. The van der Waals surface area contributed by atoms with Crippen LogP contribution < -0.4 is 0 Å². The lowest BCUT2D eigenvalue weighted by Crippen LogP contribution is -2.78. The molecule has 2 saturated heterocycles. The number of hydrogen-bond donors (Lipinski definition) is 3. The molecule has 0 aromatic rings. The number of carbonyl (C=O) groups is 3. The van der Waals surface area contributed by atoms with Crippen molar-refractivity contribution >= 4 is 17.7 Å². The van der Waals surface area contributed by atoms with Gasteiger partial charge in [0, 0.05) is 29.6 Å². The molecule has 9 heteroatoms. The quantitative estimate of drug-likeness (QED) is 0.473. The lowest BCUT2D eigenvalue weighted by molar-refractivity contribution is -0.339.